The zero-order chi connectivity index (χ0) is 13.7. The molecule has 0 spiro atoms. The molecular weight excluding hydrogens is 244 g/mol. The van der Waals surface area contributed by atoms with E-state index in [2.05, 4.69) is 20.8 Å². The first-order valence-electron chi connectivity index (χ1n) is 4.95. The van der Waals surface area contributed by atoms with Crippen molar-refractivity contribution >= 4 is 17.8 Å². The van der Waals surface area contributed by atoms with Gasteiger partial charge in [-0.3, -0.25) is 14.4 Å². The van der Waals surface area contributed by atoms with E-state index in [0.717, 1.165) is 4.68 Å². The minimum absolute atomic E-state index is 0.129. The molecule has 4 N–H and O–H groups in total. The van der Waals surface area contributed by atoms with Gasteiger partial charge in [-0.05, 0) is 17.4 Å². The lowest BCUT2D eigenvalue weighted by molar-refractivity contribution is -0.141. The van der Waals surface area contributed by atoms with Crippen LogP contribution in [0.5, 0.6) is 0 Å². The summed E-state index contributed by atoms with van der Waals surface area (Å²) in [4.78, 5) is 32.7. The number of nitrogens with zero attached hydrogens (tertiary/aromatic N) is 4. The molecule has 0 saturated heterocycles. The lowest BCUT2D eigenvalue weighted by atomic mass is 10.3. The molecule has 1 aromatic heterocycles. The molecule has 1 unspecified atom stereocenters. The molecule has 98 valence electrons. The maximum Gasteiger partial charge on any atom is 0.325 e. The summed E-state index contributed by atoms with van der Waals surface area (Å²) in [5.41, 5.74) is 4.97. The number of aliphatic carboxylic acids is 1. The summed E-state index contributed by atoms with van der Waals surface area (Å²) in [6.45, 7) is 1.08. The number of tetrazole rings is 1. The predicted molar refractivity (Wildman–Crippen MR) is 56.0 cm³/mol. The van der Waals surface area contributed by atoms with Gasteiger partial charge in [-0.2, -0.15) is 0 Å². The molecule has 0 aliphatic carbocycles. The van der Waals surface area contributed by atoms with E-state index in [1.54, 1.807) is 0 Å². The Morgan fingerprint density at radius 1 is 1.50 bits per heavy atom. The van der Waals surface area contributed by atoms with Crippen molar-refractivity contribution < 1.29 is 19.5 Å². The zero-order valence-electron chi connectivity index (χ0n) is 9.53. The summed E-state index contributed by atoms with van der Waals surface area (Å²) in [6.07, 6.45) is -0.238. The Morgan fingerprint density at radius 2 is 2.17 bits per heavy atom. The summed E-state index contributed by atoms with van der Waals surface area (Å²) < 4.78 is 1.08. The van der Waals surface area contributed by atoms with Crippen molar-refractivity contribution in [3.05, 3.63) is 5.82 Å². The molecule has 2 amide bonds. The van der Waals surface area contributed by atoms with Gasteiger partial charge in [0.1, 0.15) is 12.6 Å². The van der Waals surface area contributed by atoms with E-state index in [0.29, 0.717) is 0 Å². The molecule has 0 radical (unpaired) electrons. The summed E-state index contributed by atoms with van der Waals surface area (Å²) in [7, 11) is 0. The van der Waals surface area contributed by atoms with Gasteiger partial charge in [0.05, 0.1) is 6.42 Å². The maximum atomic E-state index is 11.5. The predicted octanol–water partition coefficient (Wildman–Crippen LogP) is -2.71. The van der Waals surface area contributed by atoms with Gasteiger partial charge in [0.15, 0.2) is 5.82 Å². The Labute approximate surface area is 101 Å². The minimum Gasteiger partial charge on any atom is -0.480 e. The van der Waals surface area contributed by atoms with Crippen molar-refractivity contribution in [2.24, 2.45) is 5.73 Å². The molecule has 1 rings (SSSR count). The fourth-order valence-electron chi connectivity index (χ4n) is 1.12. The molecule has 10 heteroatoms. The number of carboxylic acids is 1. The highest BCUT2D eigenvalue weighted by molar-refractivity contribution is 5.84. The van der Waals surface area contributed by atoms with Crippen LogP contribution in [-0.2, 0) is 27.3 Å². The third-order valence-corrected chi connectivity index (χ3v) is 1.98. The van der Waals surface area contributed by atoms with E-state index in [1.807, 2.05) is 0 Å². The largest absolute Gasteiger partial charge is 0.480 e. The first-order chi connectivity index (χ1) is 8.40. The average Bonchev–Trinajstić information content (AvgIpc) is 2.64. The Bertz CT molecular complexity index is 470. The summed E-state index contributed by atoms with van der Waals surface area (Å²) >= 11 is 0. The second-order valence-corrected chi connectivity index (χ2v) is 3.52. The first-order valence-corrected chi connectivity index (χ1v) is 4.95. The first kappa shape index (κ1) is 13.5. The van der Waals surface area contributed by atoms with E-state index in [4.69, 9.17) is 10.8 Å². The average molecular weight is 256 g/mol. The van der Waals surface area contributed by atoms with Crippen LogP contribution in [0, 0.1) is 0 Å². The van der Waals surface area contributed by atoms with Gasteiger partial charge in [-0.1, -0.05) is 0 Å². The van der Waals surface area contributed by atoms with Crippen molar-refractivity contribution in [2.45, 2.75) is 25.9 Å². The van der Waals surface area contributed by atoms with Gasteiger partial charge in [-0.25, -0.2) is 4.68 Å². The van der Waals surface area contributed by atoms with Crippen LogP contribution in [0.15, 0.2) is 0 Å². The monoisotopic (exact) mass is 256 g/mol. The van der Waals surface area contributed by atoms with Crippen LogP contribution >= 0.6 is 0 Å². The van der Waals surface area contributed by atoms with E-state index >= 15 is 0 Å². The quantitative estimate of drug-likeness (QED) is 0.500. The number of carbonyl (C=O) groups excluding carboxylic acids is 2. The number of hydrogen-bond donors (Lipinski definition) is 3. The molecule has 0 fully saturated rings. The van der Waals surface area contributed by atoms with Gasteiger partial charge in [0.2, 0.25) is 11.8 Å². The van der Waals surface area contributed by atoms with Crippen LogP contribution in [0.1, 0.15) is 12.7 Å². The number of nitrogens with one attached hydrogen (secondary N) is 1. The number of primary amides is 1. The standard InChI is InChI=1S/C8H12N6O4/c1-4(8(17)18)10-7(16)2-6-11-12-13-14(6)3-5(9)15/h4H,2-3H2,1H3,(H2,9,15)(H,10,16)(H,17,18). The van der Waals surface area contributed by atoms with Crippen molar-refractivity contribution in [1.82, 2.24) is 25.5 Å². The Morgan fingerprint density at radius 3 is 2.72 bits per heavy atom. The number of carboxylic acid groups (broad SMARTS) is 1. The summed E-state index contributed by atoms with van der Waals surface area (Å²) in [5, 5.41) is 21.2. The van der Waals surface area contributed by atoms with Gasteiger partial charge in [-0.15, -0.1) is 5.10 Å². The van der Waals surface area contributed by atoms with Gasteiger partial charge in [0, 0.05) is 0 Å². The number of aromatic nitrogens is 4. The van der Waals surface area contributed by atoms with Crippen molar-refractivity contribution in [3.8, 4) is 0 Å². The number of rotatable bonds is 6. The normalized spacial score (nSPS) is 11.8. The van der Waals surface area contributed by atoms with Crippen LogP contribution in [-0.4, -0.2) is 49.1 Å². The van der Waals surface area contributed by atoms with Crippen molar-refractivity contribution in [3.63, 3.8) is 0 Å². The summed E-state index contributed by atoms with van der Waals surface area (Å²) in [6, 6.07) is -1.02. The second-order valence-electron chi connectivity index (χ2n) is 3.52. The number of nitrogens with two attached hydrogens (primary N) is 1. The SMILES string of the molecule is CC(NC(=O)Cc1nnnn1CC(N)=O)C(=O)O. The van der Waals surface area contributed by atoms with E-state index in [1.165, 1.54) is 6.92 Å². The Kier molecular flexibility index (Phi) is 4.29. The number of hydrogen-bond acceptors (Lipinski definition) is 6. The highest BCUT2D eigenvalue weighted by Crippen LogP contribution is 1.94. The minimum atomic E-state index is -1.15. The zero-order valence-corrected chi connectivity index (χ0v) is 9.53. The Hall–Kier alpha value is -2.52. The Balaban J connectivity index is 2.62. The molecule has 0 aromatic carbocycles. The van der Waals surface area contributed by atoms with Crippen LogP contribution in [0.25, 0.3) is 0 Å². The maximum absolute atomic E-state index is 11.5. The fraction of sp³-hybridized carbons (Fsp3) is 0.500. The molecule has 1 atom stereocenters. The molecule has 1 heterocycles. The van der Waals surface area contributed by atoms with E-state index in [-0.39, 0.29) is 18.8 Å². The third kappa shape index (κ3) is 3.81. The van der Waals surface area contributed by atoms with Gasteiger partial charge >= 0.3 is 5.97 Å². The van der Waals surface area contributed by atoms with Crippen LogP contribution < -0.4 is 11.1 Å². The molecule has 0 saturated carbocycles. The second kappa shape index (κ2) is 5.70. The van der Waals surface area contributed by atoms with E-state index in [9.17, 15) is 14.4 Å². The van der Waals surface area contributed by atoms with Crippen molar-refractivity contribution in [2.75, 3.05) is 0 Å². The fourth-order valence-corrected chi connectivity index (χ4v) is 1.12. The molecule has 0 aliphatic heterocycles. The molecule has 18 heavy (non-hydrogen) atoms. The lowest BCUT2D eigenvalue weighted by Crippen LogP contribution is -2.39. The molecular formula is C8H12N6O4. The van der Waals surface area contributed by atoms with Crippen molar-refractivity contribution in [1.29, 1.82) is 0 Å². The molecule has 1 aromatic rings. The summed E-state index contributed by atoms with van der Waals surface area (Å²) in [5.74, 6) is -2.24. The van der Waals surface area contributed by atoms with Crippen LogP contribution in [0.4, 0.5) is 0 Å². The van der Waals surface area contributed by atoms with E-state index < -0.39 is 23.8 Å². The topological polar surface area (TPSA) is 153 Å². The van der Waals surface area contributed by atoms with Crippen LogP contribution in [0.3, 0.4) is 0 Å². The molecule has 0 bridgehead atoms. The smallest absolute Gasteiger partial charge is 0.325 e. The van der Waals surface area contributed by atoms with Crippen LogP contribution in [0.2, 0.25) is 0 Å². The van der Waals surface area contributed by atoms with Gasteiger partial charge in [0.25, 0.3) is 0 Å². The highest BCUT2D eigenvalue weighted by Gasteiger charge is 2.17. The highest BCUT2D eigenvalue weighted by atomic mass is 16.4. The van der Waals surface area contributed by atoms with Gasteiger partial charge < -0.3 is 16.2 Å². The number of carbonyl (C=O) groups is 3. The number of amides is 2. The molecule has 0 aliphatic rings. The lowest BCUT2D eigenvalue weighted by Gasteiger charge is -2.08. The third-order valence-electron chi connectivity index (χ3n) is 1.98. The molecule has 10 nitrogen and oxygen atoms in total.